The molecule has 0 bridgehead atoms. The highest BCUT2D eigenvalue weighted by Gasteiger charge is 2.34. The summed E-state index contributed by atoms with van der Waals surface area (Å²) in [6.45, 7) is 4.47. The fraction of sp³-hybridized carbons (Fsp3) is 0.375. The van der Waals surface area contributed by atoms with Crippen molar-refractivity contribution in [1.82, 2.24) is 15.1 Å². The van der Waals surface area contributed by atoms with E-state index >= 15 is 0 Å². The van der Waals surface area contributed by atoms with Crippen LogP contribution in [-0.4, -0.2) is 73.9 Å². The number of hydrogen-bond donors (Lipinski definition) is 1. The van der Waals surface area contributed by atoms with E-state index in [0.717, 1.165) is 50.7 Å². The third kappa shape index (κ3) is 4.59. The molecule has 0 saturated carbocycles. The second kappa shape index (κ2) is 9.80. The van der Waals surface area contributed by atoms with Gasteiger partial charge in [0.2, 0.25) is 0 Å². The van der Waals surface area contributed by atoms with Gasteiger partial charge >= 0.3 is 0 Å². The topological polar surface area (TPSA) is 68.2 Å². The lowest BCUT2D eigenvalue weighted by Crippen LogP contribution is -2.52. The molecule has 0 aliphatic carbocycles. The average molecular weight is 438 g/mol. The van der Waals surface area contributed by atoms with E-state index in [4.69, 9.17) is 0 Å². The number of hydrogen-bond acceptors (Lipinski definition) is 4. The molecule has 8 heteroatoms. The lowest BCUT2D eigenvalue weighted by molar-refractivity contribution is 0.0652. The van der Waals surface area contributed by atoms with E-state index in [1.807, 2.05) is 12.1 Å². The number of fused-ring (bicyclic) bond motifs is 1. The van der Waals surface area contributed by atoms with Crippen LogP contribution in [0.3, 0.4) is 0 Å². The van der Waals surface area contributed by atoms with Crippen LogP contribution < -0.4 is 10.2 Å². The van der Waals surface area contributed by atoms with E-state index in [-0.39, 0.29) is 17.6 Å². The van der Waals surface area contributed by atoms with Crippen molar-refractivity contribution in [3.63, 3.8) is 0 Å². The van der Waals surface area contributed by atoms with Crippen molar-refractivity contribution >= 4 is 23.5 Å². The fourth-order valence-corrected chi connectivity index (χ4v) is 4.20. The van der Waals surface area contributed by atoms with E-state index in [2.05, 4.69) is 20.1 Å². The third-order valence-corrected chi connectivity index (χ3v) is 5.95. The first-order chi connectivity index (χ1) is 15.6. The van der Waals surface area contributed by atoms with Crippen LogP contribution in [0.1, 0.15) is 33.6 Å². The highest BCUT2D eigenvalue weighted by molar-refractivity contribution is 6.21. The molecule has 2 aliphatic rings. The van der Waals surface area contributed by atoms with Crippen LogP contribution in [0.2, 0.25) is 0 Å². The Balaban J connectivity index is 1.19. The van der Waals surface area contributed by atoms with Gasteiger partial charge in [0, 0.05) is 52.0 Å². The van der Waals surface area contributed by atoms with Crippen LogP contribution >= 0.6 is 0 Å². The molecule has 2 amide bonds. The molecule has 7 nitrogen and oxygen atoms in total. The molecule has 0 spiro atoms. The minimum Gasteiger partial charge on any atom is -0.368 e. The normalized spacial score (nSPS) is 16.6. The summed E-state index contributed by atoms with van der Waals surface area (Å²) < 4.78 is 13.1. The summed E-state index contributed by atoms with van der Waals surface area (Å²) in [7, 11) is 1.77. The van der Waals surface area contributed by atoms with E-state index in [1.54, 1.807) is 31.3 Å². The monoisotopic (exact) mass is 437 g/mol. The number of carbonyl (C=O) groups is 2. The molecule has 0 unspecified atom stereocenters. The molecule has 1 fully saturated rings. The predicted octanol–water partition coefficient (Wildman–Crippen LogP) is 2.60. The molecule has 4 rings (SSSR count). The molecule has 0 radical (unpaired) electrons. The number of halogens is 1. The second-order valence-electron chi connectivity index (χ2n) is 7.94. The van der Waals surface area contributed by atoms with Crippen LogP contribution in [0, 0.1) is 5.82 Å². The standard InChI is InChI=1S/C24H28FN5O2/c1-26-24(29-16-14-28(15-17-29)19-10-8-18(25)9-11-19)27-12-4-5-13-30-22(31)20-6-2-3-7-21(20)23(30)32/h2-3,6-11H,4-5,12-17H2,1H3,(H,26,27). The summed E-state index contributed by atoms with van der Waals surface area (Å²) in [5.41, 5.74) is 2.02. The fourth-order valence-electron chi connectivity index (χ4n) is 4.20. The molecule has 2 aliphatic heterocycles. The highest BCUT2D eigenvalue weighted by Crippen LogP contribution is 2.22. The molecule has 168 valence electrons. The van der Waals surface area contributed by atoms with Crippen molar-refractivity contribution in [2.24, 2.45) is 4.99 Å². The molecule has 1 saturated heterocycles. The SMILES string of the molecule is CN=C(NCCCCN1C(=O)c2ccccc2C1=O)N1CCN(c2ccc(F)cc2)CC1. The third-order valence-electron chi connectivity index (χ3n) is 5.95. The van der Waals surface area contributed by atoms with Gasteiger partial charge in [0.25, 0.3) is 11.8 Å². The van der Waals surface area contributed by atoms with Crippen molar-refractivity contribution in [3.8, 4) is 0 Å². The average Bonchev–Trinajstić information content (AvgIpc) is 3.07. The molecule has 2 aromatic carbocycles. The van der Waals surface area contributed by atoms with Gasteiger partial charge in [0.15, 0.2) is 5.96 Å². The molecule has 32 heavy (non-hydrogen) atoms. The van der Waals surface area contributed by atoms with Crippen LogP contribution in [0.25, 0.3) is 0 Å². The van der Waals surface area contributed by atoms with Crippen LogP contribution in [0.5, 0.6) is 0 Å². The van der Waals surface area contributed by atoms with Gasteiger partial charge in [-0.05, 0) is 49.2 Å². The van der Waals surface area contributed by atoms with Gasteiger partial charge in [-0.1, -0.05) is 12.1 Å². The van der Waals surface area contributed by atoms with Crippen molar-refractivity contribution in [1.29, 1.82) is 0 Å². The van der Waals surface area contributed by atoms with Crippen molar-refractivity contribution in [2.45, 2.75) is 12.8 Å². The molecular weight excluding hydrogens is 409 g/mol. The summed E-state index contributed by atoms with van der Waals surface area (Å²) in [4.78, 5) is 35.0. The first kappa shape index (κ1) is 21.8. The Morgan fingerprint density at radius 1 is 0.938 bits per heavy atom. The molecule has 2 aromatic rings. The number of guanidine groups is 1. The number of anilines is 1. The van der Waals surface area contributed by atoms with Gasteiger partial charge in [0.1, 0.15) is 5.82 Å². The number of nitrogens with one attached hydrogen (secondary N) is 1. The number of piperazine rings is 1. The molecule has 0 aromatic heterocycles. The van der Waals surface area contributed by atoms with Gasteiger partial charge in [-0.25, -0.2) is 4.39 Å². The maximum atomic E-state index is 13.1. The Kier molecular flexibility index (Phi) is 6.68. The number of nitrogens with zero attached hydrogens (tertiary/aromatic N) is 4. The van der Waals surface area contributed by atoms with Crippen LogP contribution in [0.4, 0.5) is 10.1 Å². The maximum absolute atomic E-state index is 13.1. The van der Waals surface area contributed by atoms with Crippen molar-refractivity contribution in [2.75, 3.05) is 51.2 Å². The maximum Gasteiger partial charge on any atom is 0.261 e. The quantitative estimate of drug-likeness (QED) is 0.326. The van der Waals surface area contributed by atoms with E-state index < -0.39 is 0 Å². The molecule has 2 heterocycles. The van der Waals surface area contributed by atoms with E-state index in [0.29, 0.717) is 24.2 Å². The van der Waals surface area contributed by atoms with Gasteiger partial charge in [-0.2, -0.15) is 0 Å². The Morgan fingerprint density at radius 2 is 1.56 bits per heavy atom. The van der Waals surface area contributed by atoms with Gasteiger partial charge < -0.3 is 15.1 Å². The Bertz CT molecular complexity index is 965. The number of unbranched alkanes of at least 4 members (excludes halogenated alkanes) is 1. The highest BCUT2D eigenvalue weighted by atomic mass is 19.1. The summed E-state index contributed by atoms with van der Waals surface area (Å²) in [5, 5.41) is 3.39. The van der Waals surface area contributed by atoms with Crippen molar-refractivity contribution in [3.05, 3.63) is 65.5 Å². The zero-order chi connectivity index (χ0) is 22.5. The molecule has 0 atom stereocenters. The predicted molar refractivity (Wildman–Crippen MR) is 123 cm³/mol. The molecule has 1 N–H and O–H groups in total. The zero-order valence-corrected chi connectivity index (χ0v) is 18.3. The lowest BCUT2D eigenvalue weighted by atomic mass is 10.1. The number of amides is 2. The summed E-state index contributed by atoms with van der Waals surface area (Å²) in [6.07, 6.45) is 1.55. The summed E-state index contributed by atoms with van der Waals surface area (Å²) >= 11 is 0. The van der Waals surface area contributed by atoms with E-state index in [9.17, 15) is 14.0 Å². The summed E-state index contributed by atoms with van der Waals surface area (Å²) in [6, 6.07) is 13.6. The number of aliphatic imine (C=N–C) groups is 1. The number of carbonyl (C=O) groups excluding carboxylic acids is 2. The smallest absolute Gasteiger partial charge is 0.261 e. The van der Waals surface area contributed by atoms with E-state index in [1.165, 1.54) is 17.0 Å². The number of rotatable bonds is 6. The molecular formula is C24H28FN5O2. The second-order valence-corrected chi connectivity index (χ2v) is 7.94. The van der Waals surface area contributed by atoms with Gasteiger partial charge in [-0.3, -0.25) is 19.5 Å². The Morgan fingerprint density at radius 3 is 2.16 bits per heavy atom. The van der Waals surface area contributed by atoms with Gasteiger partial charge in [0.05, 0.1) is 11.1 Å². The first-order valence-corrected chi connectivity index (χ1v) is 11.0. The Labute approximate surface area is 187 Å². The van der Waals surface area contributed by atoms with Crippen molar-refractivity contribution < 1.29 is 14.0 Å². The minimum atomic E-state index is -0.222. The minimum absolute atomic E-state index is 0.201. The van der Waals surface area contributed by atoms with Crippen LogP contribution in [-0.2, 0) is 0 Å². The lowest BCUT2D eigenvalue weighted by Gasteiger charge is -2.37. The largest absolute Gasteiger partial charge is 0.368 e. The Hall–Kier alpha value is -3.42. The van der Waals surface area contributed by atoms with Crippen LogP contribution in [0.15, 0.2) is 53.5 Å². The first-order valence-electron chi connectivity index (χ1n) is 11.0. The number of benzene rings is 2. The van der Waals surface area contributed by atoms with Gasteiger partial charge in [-0.15, -0.1) is 0 Å². The summed E-state index contributed by atoms with van der Waals surface area (Å²) in [5.74, 6) is 0.228. The number of imide groups is 1. The zero-order valence-electron chi connectivity index (χ0n) is 18.3.